The second kappa shape index (κ2) is 4.75. The van der Waals surface area contributed by atoms with Gasteiger partial charge in [0.05, 0.1) is 0 Å². The Morgan fingerprint density at radius 2 is 2.18 bits per heavy atom. The number of hydrogen-bond acceptors (Lipinski definition) is 3. The summed E-state index contributed by atoms with van der Waals surface area (Å²) in [5.74, 6) is 1.67. The highest BCUT2D eigenvalue weighted by Gasteiger charge is 2.23. The molecule has 1 unspecified atom stereocenters. The third kappa shape index (κ3) is 2.22. The van der Waals surface area contributed by atoms with Crippen LogP contribution in [-0.2, 0) is 6.42 Å². The number of ether oxygens (including phenoxy) is 2. The highest BCUT2D eigenvalue weighted by atomic mass is 35.5. The molecule has 0 bridgehead atoms. The lowest BCUT2D eigenvalue weighted by Crippen LogP contribution is -2.25. The van der Waals surface area contributed by atoms with Gasteiger partial charge in [-0.15, -0.1) is 0 Å². The number of nitrogens with one attached hydrogen (secondary N) is 1. The SMILES string of the molecule is Clc1ccc2c(c1CC1CCCN1)OCCO2. The molecule has 17 heavy (non-hydrogen) atoms. The number of fused-ring (bicyclic) bond motifs is 1. The van der Waals surface area contributed by atoms with Crippen molar-refractivity contribution in [2.24, 2.45) is 0 Å². The van der Waals surface area contributed by atoms with E-state index in [1.165, 1.54) is 12.8 Å². The third-order valence-corrected chi connectivity index (χ3v) is 3.72. The monoisotopic (exact) mass is 253 g/mol. The maximum absolute atomic E-state index is 6.28. The molecule has 1 fully saturated rings. The first-order valence-electron chi connectivity index (χ1n) is 6.15. The molecule has 1 saturated heterocycles. The van der Waals surface area contributed by atoms with Crippen molar-refractivity contribution in [3.63, 3.8) is 0 Å². The summed E-state index contributed by atoms with van der Waals surface area (Å²) in [6, 6.07) is 4.31. The molecular weight excluding hydrogens is 238 g/mol. The average molecular weight is 254 g/mol. The minimum atomic E-state index is 0.518. The molecule has 1 aromatic rings. The van der Waals surface area contributed by atoms with Crippen molar-refractivity contribution >= 4 is 11.6 Å². The van der Waals surface area contributed by atoms with Crippen molar-refractivity contribution in [2.75, 3.05) is 19.8 Å². The Bertz CT molecular complexity index is 416. The van der Waals surface area contributed by atoms with Crippen molar-refractivity contribution in [1.29, 1.82) is 0 Å². The molecule has 0 amide bonds. The van der Waals surface area contributed by atoms with Crippen molar-refractivity contribution in [3.05, 3.63) is 22.7 Å². The number of hydrogen-bond donors (Lipinski definition) is 1. The molecular formula is C13H16ClNO2. The Hall–Kier alpha value is -0.930. The third-order valence-electron chi connectivity index (χ3n) is 3.37. The van der Waals surface area contributed by atoms with Crippen LogP contribution < -0.4 is 14.8 Å². The van der Waals surface area contributed by atoms with Crippen LogP contribution in [0.1, 0.15) is 18.4 Å². The van der Waals surface area contributed by atoms with Gasteiger partial charge >= 0.3 is 0 Å². The quantitative estimate of drug-likeness (QED) is 0.878. The lowest BCUT2D eigenvalue weighted by molar-refractivity contribution is 0.169. The zero-order valence-electron chi connectivity index (χ0n) is 9.67. The van der Waals surface area contributed by atoms with Gasteiger partial charge in [-0.2, -0.15) is 0 Å². The molecule has 3 nitrogen and oxygen atoms in total. The number of rotatable bonds is 2. The fraction of sp³-hybridized carbons (Fsp3) is 0.538. The van der Waals surface area contributed by atoms with E-state index in [4.69, 9.17) is 21.1 Å². The first kappa shape index (κ1) is 11.2. The lowest BCUT2D eigenvalue weighted by atomic mass is 10.0. The van der Waals surface area contributed by atoms with E-state index in [1.54, 1.807) is 0 Å². The minimum Gasteiger partial charge on any atom is -0.486 e. The molecule has 2 heterocycles. The summed E-state index contributed by atoms with van der Waals surface area (Å²) in [6.45, 7) is 2.34. The van der Waals surface area contributed by atoms with E-state index < -0.39 is 0 Å². The van der Waals surface area contributed by atoms with Gasteiger partial charge in [-0.3, -0.25) is 0 Å². The largest absolute Gasteiger partial charge is 0.486 e. The van der Waals surface area contributed by atoms with Crippen molar-refractivity contribution in [1.82, 2.24) is 5.32 Å². The van der Waals surface area contributed by atoms with Gasteiger partial charge in [0.25, 0.3) is 0 Å². The van der Waals surface area contributed by atoms with Crippen LogP contribution in [0.4, 0.5) is 0 Å². The van der Waals surface area contributed by atoms with Crippen LogP contribution in [0.5, 0.6) is 11.5 Å². The predicted octanol–water partition coefficient (Wildman–Crippen LogP) is 2.41. The van der Waals surface area contributed by atoms with Gasteiger partial charge in [-0.25, -0.2) is 0 Å². The molecule has 3 rings (SSSR count). The van der Waals surface area contributed by atoms with E-state index in [1.807, 2.05) is 12.1 Å². The van der Waals surface area contributed by atoms with Gasteiger partial charge in [0.1, 0.15) is 13.2 Å². The summed E-state index contributed by atoms with van der Waals surface area (Å²) < 4.78 is 11.3. The molecule has 1 N–H and O–H groups in total. The zero-order valence-corrected chi connectivity index (χ0v) is 10.4. The predicted molar refractivity (Wildman–Crippen MR) is 67.2 cm³/mol. The Morgan fingerprint density at radius 3 is 3.00 bits per heavy atom. The Kier molecular flexibility index (Phi) is 3.12. The maximum atomic E-state index is 6.28. The Morgan fingerprint density at radius 1 is 1.29 bits per heavy atom. The van der Waals surface area contributed by atoms with E-state index in [-0.39, 0.29) is 0 Å². The van der Waals surface area contributed by atoms with Crippen LogP contribution in [0.2, 0.25) is 5.02 Å². The first-order valence-corrected chi connectivity index (χ1v) is 6.53. The minimum absolute atomic E-state index is 0.518. The lowest BCUT2D eigenvalue weighted by Gasteiger charge is -2.23. The topological polar surface area (TPSA) is 30.5 Å². The van der Waals surface area contributed by atoms with Crippen molar-refractivity contribution < 1.29 is 9.47 Å². The Labute approximate surface area is 106 Å². The molecule has 0 spiro atoms. The van der Waals surface area contributed by atoms with Crippen LogP contribution >= 0.6 is 11.6 Å². The van der Waals surface area contributed by atoms with Crippen LogP contribution in [0, 0.1) is 0 Å². The molecule has 1 atom stereocenters. The van der Waals surface area contributed by atoms with E-state index in [2.05, 4.69) is 5.32 Å². The molecule has 2 aliphatic rings. The summed E-state index contributed by atoms with van der Waals surface area (Å²) in [5.41, 5.74) is 1.09. The maximum Gasteiger partial charge on any atom is 0.166 e. The van der Waals surface area contributed by atoms with E-state index >= 15 is 0 Å². The summed E-state index contributed by atoms with van der Waals surface area (Å²) >= 11 is 6.28. The summed E-state index contributed by atoms with van der Waals surface area (Å²) in [4.78, 5) is 0. The molecule has 1 aromatic carbocycles. The standard InChI is InChI=1S/C13H16ClNO2/c14-11-3-4-12-13(17-7-6-16-12)10(11)8-9-2-1-5-15-9/h3-4,9,15H,1-2,5-8H2. The molecule has 0 saturated carbocycles. The van der Waals surface area contributed by atoms with Gasteiger partial charge < -0.3 is 14.8 Å². The van der Waals surface area contributed by atoms with E-state index in [0.717, 1.165) is 35.1 Å². The molecule has 2 aliphatic heterocycles. The van der Waals surface area contributed by atoms with Gasteiger partial charge in [0.2, 0.25) is 0 Å². The van der Waals surface area contributed by atoms with Gasteiger partial charge in [0, 0.05) is 16.6 Å². The zero-order chi connectivity index (χ0) is 11.7. The second-order valence-corrected chi connectivity index (χ2v) is 4.95. The Balaban J connectivity index is 1.90. The van der Waals surface area contributed by atoms with Gasteiger partial charge in [-0.1, -0.05) is 11.6 Å². The van der Waals surface area contributed by atoms with Crippen LogP contribution in [0.25, 0.3) is 0 Å². The second-order valence-electron chi connectivity index (χ2n) is 4.55. The van der Waals surface area contributed by atoms with Crippen LogP contribution in [0.15, 0.2) is 12.1 Å². The smallest absolute Gasteiger partial charge is 0.166 e. The molecule has 0 aliphatic carbocycles. The number of benzene rings is 1. The van der Waals surface area contributed by atoms with Crippen LogP contribution in [-0.4, -0.2) is 25.8 Å². The van der Waals surface area contributed by atoms with Gasteiger partial charge in [0.15, 0.2) is 11.5 Å². The molecule has 0 radical (unpaired) electrons. The van der Waals surface area contributed by atoms with Crippen LogP contribution in [0.3, 0.4) is 0 Å². The van der Waals surface area contributed by atoms with Crippen molar-refractivity contribution in [2.45, 2.75) is 25.3 Å². The molecule has 92 valence electrons. The number of halogens is 1. The molecule has 4 heteroatoms. The highest BCUT2D eigenvalue weighted by Crippen LogP contribution is 2.39. The fourth-order valence-corrected chi connectivity index (χ4v) is 2.74. The normalized spacial score (nSPS) is 22.8. The summed E-state index contributed by atoms with van der Waals surface area (Å²) in [5, 5.41) is 4.26. The summed E-state index contributed by atoms with van der Waals surface area (Å²) in [6.07, 6.45) is 3.38. The van der Waals surface area contributed by atoms with Crippen molar-refractivity contribution in [3.8, 4) is 11.5 Å². The fourth-order valence-electron chi connectivity index (χ4n) is 2.52. The average Bonchev–Trinajstić information content (AvgIpc) is 2.86. The van der Waals surface area contributed by atoms with E-state index in [0.29, 0.717) is 19.3 Å². The van der Waals surface area contributed by atoms with E-state index in [9.17, 15) is 0 Å². The van der Waals surface area contributed by atoms with Gasteiger partial charge in [-0.05, 0) is 37.9 Å². The highest BCUT2D eigenvalue weighted by molar-refractivity contribution is 6.31. The summed E-state index contributed by atoms with van der Waals surface area (Å²) in [7, 11) is 0. The first-order chi connectivity index (χ1) is 8.34. The molecule has 0 aromatic heterocycles.